The fourth-order valence-electron chi connectivity index (χ4n) is 3.93. The summed E-state index contributed by atoms with van der Waals surface area (Å²) in [5, 5.41) is 4.27. The zero-order chi connectivity index (χ0) is 14.6. The summed E-state index contributed by atoms with van der Waals surface area (Å²) in [6.07, 6.45) is 8.97. The van der Waals surface area contributed by atoms with Gasteiger partial charge in [0.1, 0.15) is 12.2 Å². The summed E-state index contributed by atoms with van der Waals surface area (Å²) < 4.78 is 1.97. The van der Waals surface area contributed by atoms with Gasteiger partial charge in [0.25, 0.3) is 0 Å². The minimum absolute atomic E-state index is 0.293. The Morgan fingerprint density at radius 1 is 1.40 bits per heavy atom. The van der Waals surface area contributed by atoms with Crippen LogP contribution in [0.15, 0.2) is 6.33 Å². The van der Waals surface area contributed by atoms with Crippen molar-refractivity contribution in [2.75, 3.05) is 0 Å². The number of hydrazine groups is 1. The zero-order valence-electron chi connectivity index (χ0n) is 13.1. The van der Waals surface area contributed by atoms with E-state index in [-0.39, 0.29) is 0 Å². The third kappa shape index (κ3) is 3.20. The Morgan fingerprint density at radius 3 is 2.65 bits per heavy atom. The fourth-order valence-corrected chi connectivity index (χ4v) is 3.93. The molecule has 1 aromatic heterocycles. The lowest BCUT2D eigenvalue weighted by Gasteiger charge is -2.38. The SMILES string of the molecule is CCn1ncnc1CC(NN)C1(CC(C)C)CCCC1. The minimum Gasteiger partial charge on any atom is -0.271 e. The quantitative estimate of drug-likeness (QED) is 0.593. The molecule has 5 nitrogen and oxygen atoms in total. The van der Waals surface area contributed by atoms with E-state index in [0.29, 0.717) is 17.4 Å². The zero-order valence-corrected chi connectivity index (χ0v) is 13.1. The van der Waals surface area contributed by atoms with E-state index in [4.69, 9.17) is 5.84 Å². The predicted octanol–water partition coefficient (Wildman–Crippen LogP) is 2.28. The Morgan fingerprint density at radius 2 is 2.10 bits per heavy atom. The van der Waals surface area contributed by atoms with Crippen molar-refractivity contribution in [3.05, 3.63) is 12.2 Å². The molecule has 114 valence electrons. The van der Waals surface area contributed by atoms with E-state index in [1.54, 1.807) is 6.33 Å². The van der Waals surface area contributed by atoms with Crippen LogP contribution in [0, 0.1) is 11.3 Å². The number of nitrogens with one attached hydrogen (secondary N) is 1. The third-order valence-corrected chi connectivity index (χ3v) is 4.74. The van der Waals surface area contributed by atoms with Crippen LogP contribution in [-0.4, -0.2) is 20.8 Å². The van der Waals surface area contributed by atoms with Crippen molar-refractivity contribution in [2.24, 2.45) is 17.2 Å². The predicted molar refractivity (Wildman–Crippen MR) is 80.9 cm³/mol. The van der Waals surface area contributed by atoms with E-state index < -0.39 is 0 Å². The molecule has 1 atom stereocenters. The number of hydrogen-bond donors (Lipinski definition) is 2. The summed E-state index contributed by atoms with van der Waals surface area (Å²) in [5.74, 6) is 7.66. The Labute approximate surface area is 122 Å². The minimum atomic E-state index is 0.293. The van der Waals surface area contributed by atoms with Crippen molar-refractivity contribution in [1.29, 1.82) is 0 Å². The average molecular weight is 279 g/mol. The van der Waals surface area contributed by atoms with Crippen LogP contribution in [0.1, 0.15) is 58.7 Å². The van der Waals surface area contributed by atoms with Crippen LogP contribution in [0.4, 0.5) is 0 Å². The van der Waals surface area contributed by atoms with Crippen molar-refractivity contribution in [2.45, 2.75) is 71.9 Å². The van der Waals surface area contributed by atoms with Gasteiger partial charge in [-0.2, -0.15) is 5.10 Å². The van der Waals surface area contributed by atoms with E-state index in [0.717, 1.165) is 18.8 Å². The van der Waals surface area contributed by atoms with Crippen molar-refractivity contribution in [3.63, 3.8) is 0 Å². The first-order chi connectivity index (χ1) is 9.61. The Hall–Kier alpha value is -0.940. The molecule has 0 aromatic carbocycles. The summed E-state index contributed by atoms with van der Waals surface area (Å²) in [6, 6.07) is 0.293. The van der Waals surface area contributed by atoms with Gasteiger partial charge in [-0.25, -0.2) is 4.98 Å². The third-order valence-electron chi connectivity index (χ3n) is 4.74. The van der Waals surface area contributed by atoms with Crippen LogP contribution in [0.5, 0.6) is 0 Å². The molecular weight excluding hydrogens is 250 g/mol. The second-order valence-electron chi connectivity index (χ2n) is 6.58. The topological polar surface area (TPSA) is 68.8 Å². The number of aromatic nitrogens is 3. The van der Waals surface area contributed by atoms with Gasteiger partial charge < -0.3 is 0 Å². The highest BCUT2D eigenvalue weighted by Crippen LogP contribution is 2.46. The summed E-state index contributed by atoms with van der Waals surface area (Å²) >= 11 is 0. The molecule has 0 amide bonds. The molecule has 5 heteroatoms. The normalized spacial score (nSPS) is 19.6. The van der Waals surface area contributed by atoms with Gasteiger partial charge in [0.15, 0.2) is 0 Å². The average Bonchev–Trinajstić information content (AvgIpc) is 3.04. The number of aryl methyl sites for hydroxylation is 1. The van der Waals surface area contributed by atoms with Crippen LogP contribution >= 0.6 is 0 Å². The van der Waals surface area contributed by atoms with Gasteiger partial charge in [-0.05, 0) is 37.5 Å². The van der Waals surface area contributed by atoms with Gasteiger partial charge in [-0.15, -0.1) is 0 Å². The first-order valence-electron chi connectivity index (χ1n) is 7.94. The van der Waals surface area contributed by atoms with Gasteiger partial charge >= 0.3 is 0 Å². The van der Waals surface area contributed by atoms with Crippen LogP contribution in [0.25, 0.3) is 0 Å². The van der Waals surface area contributed by atoms with Gasteiger partial charge in [0.05, 0.1) is 0 Å². The van der Waals surface area contributed by atoms with Crippen LogP contribution in [0.3, 0.4) is 0 Å². The summed E-state index contributed by atoms with van der Waals surface area (Å²) in [4.78, 5) is 4.41. The second kappa shape index (κ2) is 6.68. The standard InChI is InChI=1S/C15H29N5/c1-4-20-14(17-11-18-20)9-13(19-16)15(10-12(2)3)7-5-6-8-15/h11-13,19H,4-10,16H2,1-3H3. The number of nitrogens with two attached hydrogens (primary N) is 1. The van der Waals surface area contributed by atoms with Crippen molar-refractivity contribution >= 4 is 0 Å². The molecule has 20 heavy (non-hydrogen) atoms. The maximum Gasteiger partial charge on any atom is 0.138 e. The van der Waals surface area contributed by atoms with Gasteiger partial charge in [-0.1, -0.05) is 26.7 Å². The van der Waals surface area contributed by atoms with Crippen molar-refractivity contribution in [3.8, 4) is 0 Å². The lowest BCUT2D eigenvalue weighted by molar-refractivity contribution is 0.152. The van der Waals surface area contributed by atoms with E-state index in [1.807, 2.05) is 4.68 Å². The highest BCUT2D eigenvalue weighted by molar-refractivity contribution is 5.00. The Bertz CT molecular complexity index is 406. The largest absolute Gasteiger partial charge is 0.271 e. The van der Waals surface area contributed by atoms with Gasteiger partial charge in [0, 0.05) is 19.0 Å². The maximum absolute atomic E-state index is 5.91. The fraction of sp³-hybridized carbons (Fsp3) is 0.867. The van der Waals surface area contributed by atoms with Crippen LogP contribution < -0.4 is 11.3 Å². The lowest BCUT2D eigenvalue weighted by Crippen LogP contribution is -2.49. The van der Waals surface area contributed by atoms with Gasteiger partial charge in [0.2, 0.25) is 0 Å². The van der Waals surface area contributed by atoms with Gasteiger partial charge in [-0.3, -0.25) is 16.0 Å². The summed E-state index contributed by atoms with van der Waals surface area (Å²) in [6.45, 7) is 7.58. The molecule has 1 aliphatic carbocycles. The maximum atomic E-state index is 5.91. The Balaban J connectivity index is 2.16. The molecule has 0 spiro atoms. The van der Waals surface area contributed by atoms with E-state index >= 15 is 0 Å². The number of nitrogens with zero attached hydrogens (tertiary/aromatic N) is 3. The van der Waals surface area contributed by atoms with E-state index in [9.17, 15) is 0 Å². The summed E-state index contributed by atoms with van der Waals surface area (Å²) in [7, 11) is 0. The number of rotatable bonds is 7. The molecule has 1 aliphatic rings. The molecule has 1 aromatic rings. The molecular formula is C15H29N5. The first-order valence-corrected chi connectivity index (χ1v) is 7.94. The molecule has 0 bridgehead atoms. The lowest BCUT2D eigenvalue weighted by atomic mass is 9.71. The first kappa shape index (κ1) is 15.4. The molecule has 0 saturated heterocycles. The van der Waals surface area contributed by atoms with Crippen molar-refractivity contribution in [1.82, 2.24) is 20.2 Å². The molecule has 1 saturated carbocycles. The number of hydrogen-bond acceptors (Lipinski definition) is 4. The smallest absolute Gasteiger partial charge is 0.138 e. The van der Waals surface area contributed by atoms with Crippen LogP contribution in [-0.2, 0) is 13.0 Å². The molecule has 0 aliphatic heterocycles. The molecule has 1 heterocycles. The summed E-state index contributed by atoms with van der Waals surface area (Å²) in [5.41, 5.74) is 3.43. The molecule has 0 radical (unpaired) electrons. The second-order valence-corrected chi connectivity index (χ2v) is 6.58. The van der Waals surface area contributed by atoms with E-state index in [1.165, 1.54) is 32.1 Å². The molecule has 1 fully saturated rings. The van der Waals surface area contributed by atoms with Crippen molar-refractivity contribution < 1.29 is 0 Å². The highest BCUT2D eigenvalue weighted by atomic mass is 15.3. The van der Waals surface area contributed by atoms with E-state index in [2.05, 4.69) is 36.3 Å². The molecule has 2 rings (SSSR count). The highest BCUT2D eigenvalue weighted by Gasteiger charge is 2.41. The molecule has 3 N–H and O–H groups in total. The monoisotopic (exact) mass is 279 g/mol. The Kier molecular flexibility index (Phi) is 5.16. The van der Waals surface area contributed by atoms with Crippen LogP contribution in [0.2, 0.25) is 0 Å². The molecule has 1 unspecified atom stereocenters.